The van der Waals surface area contributed by atoms with Crippen LogP contribution in [0.1, 0.15) is 22.7 Å². The molecule has 110 valence electrons. The molecule has 2 aromatic carbocycles. The van der Waals surface area contributed by atoms with E-state index in [2.05, 4.69) is 11.4 Å². The summed E-state index contributed by atoms with van der Waals surface area (Å²) < 4.78 is 19.5. The Balaban J connectivity index is 1.88. The molecular weight excluding hydrogens is 265 g/mol. The molecule has 2 atom stereocenters. The van der Waals surface area contributed by atoms with Crippen molar-refractivity contribution < 1.29 is 9.13 Å². The first-order chi connectivity index (χ1) is 10.2. The van der Waals surface area contributed by atoms with E-state index in [9.17, 15) is 4.39 Å². The molecule has 0 saturated carbocycles. The molecular formula is C18H20FNO. The SMILES string of the molecule is CNC(c1cc(C)cc(F)c1)C1COc2ccccc2C1. The molecule has 0 radical (unpaired) electrons. The molecule has 2 aromatic rings. The quantitative estimate of drug-likeness (QED) is 0.929. The van der Waals surface area contributed by atoms with Crippen LogP contribution in [0.25, 0.3) is 0 Å². The molecule has 0 saturated heterocycles. The van der Waals surface area contributed by atoms with Crippen molar-refractivity contribution >= 4 is 0 Å². The first kappa shape index (κ1) is 14.1. The third-order valence-electron chi connectivity index (χ3n) is 4.11. The number of aryl methyl sites for hydroxylation is 1. The maximum atomic E-state index is 13.7. The van der Waals surface area contributed by atoms with Crippen molar-refractivity contribution in [1.82, 2.24) is 5.32 Å². The predicted molar refractivity (Wildman–Crippen MR) is 82.1 cm³/mol. The number of fused-ring (bicyclic) bond motifs is 1. The van der Waals surface area contributed by atoms with Gasteiger partial charge in [0.15, 0.2) is 0 Å². The molecule has 3 rings (SSSR count). The average Bonchev–Trinajstić information content (AvgIpc) is 2.47. The van der Waals surface area contributed by atoms with E-state index in [1.807, 2.05) is 38.2 Å². The summed E-state index contributed by atoms with van der Waals surface area (Å²) in [6, 6.07) is 13.4. The lowest BCUT2D eigenvalue weighted by atomic mass is 9.86. The van der Waals surface area contributed by atoms with E-state index in [1.54, 1.807) is 12.1 Å². The highest BCUT2D eigenvalue weighted by molar-refractivity contribution is 5.36. The Bertz CT molecular complexity index is 621. The van der Waals surface area contributed by atoms with E-state index in [0.717, 1.165) is 23.3 Å². The van der Waals surface area contributed by atoms with Gasteiger partial charge in [-0.1, -0.05) is 24.3 Å². The van der Waals surface area contributed by atoms with E-state index in [4.69, 9.17) is 4.74 Å². The van der Waals surface area contributed by atoms with Crippen LogP contribution in [0.3, 0.4) is 0 Å². The predicted octanol–water partition coefficient (Wildman–Crippen LogP) is 3.65. The van der Waals surface area contributed by atoms with Gasteiger partial charge in [-0.2, -0.15) is 0 Å². The van der Waals surface area contributed by atoms with Crippen LogP contribution in [0.15, 0.2) is 42.5 Å². The topological polar surface area (TPSA) is 21.3 Å². The minimum absolute atomic E-state index is 0.0905. The summed E-state index contributed by atoms with van der Waals surface area (Å²) in [6.45, 7) is 2.57. The molecule has 0 bridgehead atoms. The molecule has 1 aliphatic rings. The summed E-state index contributed by atoms with van der Waals surface area (Å²) in [5, 5.41) is 3.33. The van der Waals surface area contributed by atoms with Gasteiger partial charge < -0.3 is 10.1 Å². The van der Waals surface area contributed by atoms with Gasteiger partial charge in [0.2, 0.25) is 0 Å². The van der Waals surface area contributed by atoms with E-state index < -0.39 is 0 Å². The van der Waals surface area contributed by atoms with Gasteiger partial charge in [-0.25, -0.2) is 4.39 Å². The Hall–Kier alpha value is -1.87. The summed E-state index contributed by atoms with van der Waals surface area (Å²) in [5.74, 6) is 1.09. The van der Waals surface area contributed by atoms with Crippen LogP contribution < -0.4 is 10.1 Å². The molecule has 1 aliphatic heterocycles. The van der Waals surface area contributed by atoms with Gasteiger partial charge in [-0.05, 0) is 55.3 Å². The standard InChI is InChI=1S/C18H20FNO/c1-12-7-14(10-16(19)8-12)18(20-2)15-9-13-5-3-4-6-17(13)21-11-15/h3-8,10,15,18,20H,9,11H2,1-2H3. The third-order valence-corrected chi connectivity index (χ3v) is 4.11. The van der Waals surface area contributed by atoms with Crippen molar-refractivity contribution in [2.24, 2.45) is 5.92 Å². The second-order valence-electron chi connectivity index (χ2n) is 5.71. The maximum Gasteiger partial charge on any atom is 0.123 e. The molecule has 2 nitrogen and oxygen atoms in total. The van der Waals surface area contributed by atoms with E-state index >= 15 is 0 Å². The van der Waals surface area contributed by atoms with Crippen LogP contribution in [-0.2, 0) is 6.42 Å². The second-order valence-corrected chi connectivity index (χ2v) is 5.71. The van der Waals surface area contributed by atoms with Gasteiger partial charge in [0.1, 0.15) is 11.6 Å². The van der Waals surface area contributed by atoms with Crippen molar-refractivity contribution in [3.63, 3.8) is 0 Å². The molecule has 0 spiro atoms. The van der Waals surface area contributed by atoms with Crippen molar-refractivity contribution in [1.29, 1.82) is 0 Å². The van der Waals surface area contributed by atoms with Gasteiger partial charge in [-0.15, -0.1) is 0 Å². The van der Waals surface area contributed by atoms with Gasteiger partial charge in [0.25, 0.3) is 0 Å². The minimum atomic E-state index is -0.178. The highest BCUT2D eigenvalue weighted by atomic mass is 19.1. The fraction of sp³-hybridized carbons (Fsp3) is 0.333. The fourth-order valence-electron chi connectivity index (χ4n) is 3.18. The number of para-hydroxylation sites is 1. The highest BCUT2D eigenvalue weighted by Crippen LogP contribution is 2.33. The lowest BCUT2D eigenvalue weighted by Crippen LogP contribution is -2.33. The van der Waals surface area contributed by atoms with Crippen molar-refractivity contribution in [3.05, 3.63) is 65.0 Å². The van der Waals surface area contributed by atoms with Crippen molar-refractivity contribution in [3.8, 4) is 5.75 Å². The van der Waals surface area contributed by atoms with Crippen LogP contribution in [0.5, 0.6) is 5.75 Å². The van der Waals surface area contributed by atoms with Gasteiger partial charge in [0, 0.05) is 12.0 Å². The number of halogens is 1. The van der Waals surface area contributed by atoms with Crippen molar-refractivity contribution in [2.75, 3.05) is 13.7 Å². The van der Waals surface area contributed by atoms with Gasteiger partial charge in [-0.3, -0.25) is 0 Å². The molecule has 2 unspecified atom stereocenters. The van der Waals surface area contributed by atoms with Gasteiger partial charge in [0.05, 0.1) is 6.61 Å². The summed E-state index contributed by atoms with van der Waals surface area (Å²) in [5.41, 5.74) is 3.16. The summed E-state index contributed by atoms with van der Waals surface area (Å²) in [4.78, 5) is 0. The lowest BCUT2D eigenvalue weighted by Gasteiger charge is -2.32. The van der Waals surface area contributed by atoms with Crippen LogP contribution in [-0.4, -0.2) is 13.7 Å². The molecule has 3 heteroatoms. The molecule has 1 N–H and O–H groups in total. The zero-order valence-electron chi connectivity index (χ0n) is 12.4. The number of hydrogen-bond acceptors (Lipinski definition) is 2. The Morgan fingerprint density at radius 2 is 2.05 bits per heavy atom. The maximum absolute atomic E-state index is 13.7. The summed E-state index contributed by atoms with van der Waals surface area (Å²) in [7, 11) is 1.92. The number of hydrogen-bond donors (Lipinski definition) is 1. The molecule has 21 heavy (non-hydrogen) atoms. The van der Waals surface area contributed by atoms with Crippen LogP contribution in [0, 0.1) is 18.7 Å². The van der Waals surface area contributed by atoms with Crippen molar-refractivity contribution in [2.45, 2.75) is 19.4 Å². The minimum Gasteiger partial charge on any atom is -0.493 e. The highest BCUT2D eigenvalue weighted by Gasteiger charge is 2.27. The largest absolute Gasteiger partial charge is 0.493 e. The Morgan fingerprint density at radius 1 is 1.24 bits per heavy atom. The Kier molecular flexibility index (Phi) is 3.93. The number of ether oxygens (including phenoxy) is 1. The molecule has 0 aliphatic carbocycles. The normalized spacial score (nSPS) is 18.7. The average molecular weight is 285 g/mol. The Morgan fingerprint density at radius 3 is 2.81 bits per heavy atom. The van der Waals surface area contributed by atoms with Crippen LogP contribution in [0.4, 0.5) is 4.39 Å². The first-order valence-electron chi connectivity index (χ1n) is 7.32. The lowest BCUT2D eigenvalue weighted by molar-refractivity contribution is 0.188. The summed E-state index contributed by atoms with van der Waals surface area (Å²) in [6.07, 6.45) is 0.942. The number of benzene rings is 2. The van der Waals surface area contributed by atoms with E-state index in [0.29, 0.717) is 12.5 Å². The van der Waals surface area contributed by atoms with E-state index in [-0.39, 0.29) is 11.9 Å². The molecule has 1 heterocycles. The zero-order valence-corrected chi connectivity index (χ0v) is 12.4. The molecule has 0 aromatic heterocycles. The smallest absolute Gasteiger partial charge is 0.123 e. The van der Waals surface area contributed by atoms with E-state index in [1.165, 1.54) is 5.56 Å². The first-order valence-corrected chi connectivity index (χ1v) is 7.32. The van der Waals surface area contributed by atoms with Crippen LogP contribution in [0.2, 0.25) is 0 Å². The monoisotopic (exact) mass is 285 g/mol. The zero-order chi connectivity index (χ0) is 14.8. The number of nitrogens with one attached hydrogen (secondary N) is 1. The molecule has 0 fully saturated rings. The fourth-order valence-corrected chi connectivity index (χ4v) is 3.18. The third kappa shape index (κ3) is 2.93. The summed E-state index contributed by atoms with van der Waals surface area (Å²) >= 11 is 0. The molecule has 0 amide bonds. The van der Waals surface area contributed by atoms with Gasteiger partial charge >= 0.3 is 0 Å². The Labute approximate surface area is 125 Å². The number of rotatable bonds is 3. The second kappa shape index (κ2) is 5.86. The van der Waals surface area contributed by atoms with Crippen LogP contribution >= 0.6 is 0 Å².